The summed E-state index contributed by atoms with van der Waals surface area (Å²) in [7, 11) is 1.65. The molecule has 0 aliphatic heterocycles. The number of ether oxygens (including phenoxy) is 2. The third kappa shape index (κ3) is 8.68. The minimum Gasteiger partial charge on any atom is -0.475 e. The highest BCUT2D eigenvalue weighted by molar-refractivity contribution is 14.0. The van der Waals surface area contributed by atoms with Crippen LogP contribution < -0.4 is 15.4 Å². The average Bonchev–Trinajstić information content (AvgIpc) is 2.54. The van der Waals surface area contributed by atoms with Gasteiger partial charge in [0.25, 0.3) is 0 Å². The average molecular weight is 450 g/mol. The standard InChI is InChI=1S/C17H30N4O2.HI/c1-6-18-17(21-14(4)13(2)3)20-12-15-8-7-9-19-16(15)23-11-10-22-5;/h7-9,13-14H,6,10-12H2,1-5H3,(H2,18,20,21);1H. The Hall–Kier alpha value is -1.09. The topological polar surface area (TPSA) is 67.8 Å². The first-order valence-corrected chi connectivity index (χ1v) is 8.18. The van der Waals surface area contributed by atoms with Crippen molar-refractivity contribution < 1.29 is 9.47 Å². The molecule has 0 aliphatic carbocycles. The number of halogens is 1. The normalized spacial score (nSPS) is 12.5. The van der Waals surface area contributed by atoms with E-state index < -0.39 is 0 Å². The Morgan fingerprint density at radius 2 is 2.04 bits per heavy atom. The molecule has 138 valence electrons. The minimum atomic E-state index is 0. The lowest BCUT2D eigenvalue weighted by Crippen LogP contribution is -2.44. The number of rotatable bonds is 9. The van der Waals surface area contributed by atoms with Gasteiger partial charge in [-0.2, -0.15) is 0 Å². The quantitative estimate of drug-likeness (QED) is 0.262. The van der Waals surface area contributed by atoms with Crippen molar-refractivity contribution in [1.29, 1.82) is 0 Å². The zero-order valence-electron chi connectivity index (χ0n) is 15.3. The van der Waals surface area contributed by atoms with Crippen LogP contribution in [0.5, 0.6) is 5.88 Å². The highest BCUT2D eigenvalue weighted by atomic mass is 127. The predicted molar refractivity (Wildman–Crippen MR) is 109 cm³/mol. The van der Waals surface area contributed by atoms with Gasteiger partial charge in [0.2, 0.25) is 5.88 Å². The lowest BCUT2D eigenvalue weighted by atomic mass is 10.1. The highest BCUT2D eigenvalue weighted by Crippen LogP contribution is 2.15. The maximum atomic E-state index is 5.64. The van der Waals surface area contributed by atoms with E-state index in [1.807, 2.05) is 12.1 Å². The third-order valence-corrected chi connectivity index (χ3v) is 3.49. The lowest BCUT2D eigenvalue weighted by Gasteiger charge is -2.20. The second-order valence-electron chi connectivity index (χ2n) is 5.68. The summed E-state index contributed by atoms with van der Waals surface area (Å²) >= 11 is 0. The summed E-state index contributed by atoms with van der Waals surface area (Å²) in [5, 5.41) is 6.69. The molecule has 0 aromatic carbocycles. The molecule has 1 rings (SSSR count). The van der Waals surface area contributed by atoms with Gasteiger partial charge in [0.15, 0.2) is 5.96 Å². The van der Waals surface area contributed by atoms with Crippen LogP contribution in [0, 0.1) is 5.92 Å². The Morgan fingerprint density at radius 3 is 2.67 bits per heavy atom. The Labute approximate surface area is 162 Å². The fourth-order valence-corrected chi connectivity index (χ4v) is 1.76. The van der Waals surface area contributed by atoms with Gasteiger partial charge in [0.05, 0.1) is 13.2 Å². The number of hydrogen-bond acceptors (Lipinski definition) is 4. The summed E-state index contributed by atoms with van der Waals surface area (Å²) in [5.74, 6) is 1.95. The van der Waals surface area contributed by atoms with Gasteiger partial charge >= 0.3 is 0 Å². The van der Waals surface area contributed by atoms with Gasteiger partial charge in [-0.3, -0.25) is 0 Å². The Kier molecular flexibility index (Phi) is 12.6. The van der Waals surface area contributed by atoms with Gasteiger partial charge in [-0.1, -0.05) is 19.9 Å². The first kappa shape index (κ1) is 22.9. The summed E-state index contributed by atoms with van der Waals surface area (Å²) in [6.45, 7) is 10.9. The van der Waals surface area contributed by atoms with E-state index in [0.29, 0.717) is 37.6 Å². The maximum Gasteiger partial charge on any atom is 0.218 e. The highest BCUT2D eigenvalue weighted by Gasteiger charge is 2.10. The molecule has 0 aliphatic rings. The van der Waals surface area contributed by atoms with E-state index in [1.165, 1.54) is 0 Å². The van der Waals surface area contributed by atoms with Crippen LogP contribution in [-0.4, -0.2) is 43.9 Å². The van der Waals surface area contributed by atoms with E-state index in [9.17, 15) is 0 Å². The lowest BCUT2D eigenvalue weighted by molar-refractivity contribution is 0.143. The van der Waals surface area contributed by atoms with Crippen LogP contribution in [-0.2, 0) is 11.3 Å². The van der Waals surface area contributed by atoms with Gasteiger partial charge in [0.1, 0.15) is 6.61 Å². The number of pyridine rings is 1. The van der Waals surface area contributed by atoms with Crippen molar-refractivity contribution in [3.8, 4) is 5.88 Å². The molecule has 1 aromatic heterocycles. The van der Waals surface area contributed by atoms with E-state index >= 15 is 0 Å². The monoisotopic (exact) mass is 450 g/mol. The molecule has 2 N–H and O–H groups in total. The molecule has 0 fully saturated rings. The fourth-order valence-electron chi connectivity index (χ4n) is 1.76. The molecule has 7 heteroatoms. The number of nitrogens with zero attached hydrogens (tertiary/aromatic N) is 2. The minimum absolute atomic E-state index is 0. The van der Waals surface area contributed by atoms with E-state index in [0.717, 1.165) is 18.1 Å². The smallest absolute Gasteiger partial charge is 0.218 e. The SMILES string of the molecule is CCNC(=NCc1cccnc1OCCOC)NC(C)C(C)C.I. The summed E-state index contributed by atoms with van der Waals surface area (Å²) < 4.78 is 10.6. The van der Waals surface area contributed by atoms with Crippen molar-refractivity contribution in [1.82, 2.24) is 15.6 Å². The van der Waals surface area contributed by atoms with Crippen LogP contribution in [0.4, 0.5) is 0 Å². The molecule has 0 radical (unpaired) electrons. The molecule has 0 saturated heterocycles. The molecule has 6 nitrogen and oxygen atoms in total. The molecular formula is C17H31IN4O2. The molecular weight excluding hydrogens is 419 g/mol. The molecule has 1 atom stereocenters. The third-order valence-electron chi connectivity index (χ3n) is 3.49. The van der Waals surface area contributed by atoms with E-state index in [4.69, 9.17) is 9.47 Å². The van der Waals surface area contributed by atoms with E-state index in [2.05, 4.69) is 48.3 Å². The van der Waals surface area contributed by atoms with Crippen molar-refractivity contribution in [2.24, 2.45) is 10.9 Å². The molecule has 0 bridgehead atoms. The van der Waals surface area contributed by atoms with Crippen molar-refractivity contribution in [2.45, 2.75) is 40.3 Å². The summed E-state index contributed by atoms with van der Waals surface area (Å²) in [6, 6.07) is 4.22. The van der Waals surface area contributed by atoms with Crippen molar-refractivity contribution in [2.75, 3.05) is 26.9 Å². The fraction of sp³-hybridized carbons (Fsp3) is 0.647. The summed E-state index contributed by atoms with van der Waals surface area (Å²) in [4.78, 5) is 8.91. The van der Waals surface area contributed by atoms with Crippen LogP contribution in [0.1, 0.15) is 33.3 Å². The van der Waals surface area contributed by atoms with Gasteiger partial charge in [-0.25, -0.2) is 9.98 Å². The van der Waals surface area contributed by atoms with E-state index in [1.54, 1.807) is 13.3 Å². The Balaban J connectivity index is 0.00000529. The summed E-state index contributed by atoms with van der Waals surface area (Å²) in [6.07, 6.45) is 1.72. The Bertz CT molecular complexity index is 483. The van der Waals surface area contributed by atoms with Crippen LogP contribution >= 0.6 is 24.0 Å². The predicted octanol–water partition coefficient (Wildman–Crippen LogP) is 2.82. The van der Waals surface area contributed by atoms with Crippen molar-refractivity contribution in [3.63, 3.8) is 0 Å². The molecule has 1 aromatic rings. The van der Waals surface area contributed by atoms with Crippen LogP contribution in [0.3, 0.4) is 0 Å². The molecule has 1 unspecified atom stereocenters. The summed E-state index contributed by atoms with van der Waals surface area (Å²) in [5.41, 5.74) is 0.956. The van der Waals surface area contributed by atoms with E-state index in [-0.39, 0.29) is 24.0 Å². The number of methoxy groups -OCH3 is 1. The van der Waals surface area contributed by atoms with Gasteiger partial charge < -0.3 is 20.1 Å². The number of nitrogens with one attached hydrogen (secondary N) is 2. The van der Waals surface area contributed by atoms with Crippen LogP contribution in [0.15, 0.2) is 23.3 Å². The zero-order valence-corrected chi connectivity index (χ0v) is 17.7. The molecule has 0 spiro atoms. The number of aromatic nitrogens is 1. The van der Waals surface area contributed by atoms with Crippen molar-refractivity contribution >= 4 is 29.9 Å². The van der Waals surface area contributed by atoms with Gasteiger partial charge in [0, 0.05) is 31.5 Å². The zero-order chi connectivity index (χ0) is 17.1. The van der Waals surface area contributed by atoms with Crippen LogP contribution in [0.25, 0.3) is 0 Å². The first-order valence-electron chi connectivity index (χ1n) is 8.18. The number of aliphatic imine (C=N–C) groups is 1. The molecule has 24 heavy (non-hydrogen) atoms. The number of hydrogen-bond donors (Lipinski definition) is 2. The maximum absolute atomic E-state index is 5.64. The first-order chi connectivity index (χ1) is 11.1. The second kappa shape index (κ2) is 13.2. The largest absolute Gasteiger partial charge is 0.475 e. The second-order valence-corrected chi connectivity index (χ2v) is 5.68. The van der Waals surface area contributed by atoms with Gasteiger partial charge in [-0.05, 0) is 25.8 Å². The molecule has 0 saturated carbocycles. The molecule has 0 amide bonds. The van der Waals surface area contributed by atoms with Crippen LogP contribution in [0.2, 0.25) is 0 Å². The Morgan fingerprint density at radius 1 is 1.29 bits per heavy atom. The molecule has 1 heterocycles. The van der Waals surface area contributed by atoms with Gasteiger partial charge in [-0.15, -0.1) is 24.0 Å². The van der Waals surface area contributed by atoms with Crippen molar-refractivity contribution in [3.05, 3.63) is 23.9 Å². The number of guanidine groups is 1.